The average molecular weight is 340 g/mol. The summed E-state index contributed by atoms with van der Waals surface area (Å²) in [7, 11) is 0. The SMILES string of the molecule is CC(C)(C)OC(=O)NC[C@@H]1OCCc2c(-c3cccnc3)cccc21. The van der Waals surface area contributed by atoms with E-state index in [1.807, 2.05) is 39.1 Å². The maximum atomic E-state index is 11.9. The van der Waals surface area contributed by atoms with Crippen LogP contribution in [0, 0.1) is 0 Å². The van der Waals surface area contributed by atoms with E-state index in [4.69, 9.17) is 9.47 Å². The maximum Gasteiger partial charge on any atom is 0.407 e. The molecule has 1 N–H and O–H groups in total. The van der Waals surface area contributed by atoms with E-state index in [-0.39, 0.29) is 6.10 Å². The Labute approximate surface area is 148 Å². The van der Waals surface area contributed by atoms with E-state index in [2.05, 4.69) is 28.5 Å². The summed E-state index contributed by atoms with van der Waals surface area (Å²) in [5.74, 6) is 0. The van der Waals surface area contributed by atoms with Crippen molar-refractivity contribution in [2.75, 3.05) is 13.2 Å². The van der Waals surface area contributed by atoms with Crippen LogP contribution in [-0.2, 0) is 15.9 Å². The summed E-state index contributed by atoms with van der Waals surface area (Å²) in [6.45, 7) is 6.56. The lowest BCUT2D eigenvalue weighted by Crippen LogP contribution is -2.36. The number of carbonyl (C=O) groups excluding carboxylic acids is 1. The maximum absolute atomic E-state index is 11.9. The minimum absolute atomic E-state index is 0.173. The van der Waals surface area contributed by atoms with Crippen LogP contribution in [0.5, 0.6) is 0 Å². The number of alkyl carbamates (subject to hydrolysis) is 1. The number of aromatic nitrogens is 1. The molecular weight excluding hydrogens is 316 g/mol. The van der Waals surface area contributed by atoms with E-state index in [1.54, 1.807) is 6.20 Å². The number of pyridine rings is 1. The number of hydrogen-bond donors (Lipinski definition) is 1. The van der Waals surface area contributed by atoms with Crippen LogP contribution in [-0.4, -0.2) is 29.8 Å². The predicted molar refractivity (Wildman–Crippen MR) is 96.3 cm³/mol. The number of fused-ring (bicyclic) bond motifs is 1. The van der Waals surface area contributed by atoms with Gasteiger partial charge < -0.3 is 14.8 Å². The summed E-state index contributed by atoms with van der Waals surface area (Å²) < 4.78 is 11.2. The Bertz CT molecular complexity index is 738. The normalized spacial score (nSPS) is 16.8. The van der Waals surface area contributed by atoms with Gasteiger partial charge in [0, 0.05) is 18.0 Å². The molecule has 0 radical (unpaired) electrons. The van der Waals surface area contributed by atoms with Crippen molar-refractivity contribution in [3.63, 3.8) is 0 Å². The van der Waals surface area contributed by atoms with Gasteiger partial charge in [0.15, 0.2) is 0 Å². The van der Waals surface area contributed by atoms with Crippen molar-refractivity contribution in [2.24, 2.45) is 0 Å². The highest BCUT2D eigenvalue weighted by Gasteiger charge is 2.25. The number of nitrogens with zero attached hydrogens (tertiary/aromatic N) is 1. The first kappa shape index (κ1) is 17.4. The number of nitrogens with one attached hydrogen (secondary N) is 1. The van der Waals surface area contributed by atoms with Crippen LogP contribution in [0.4, 0.5) is 4.79 Å². The molecule has 5 heteroatoms. The van der Waals surface area contributed by atoms with Crippen molar-refractivity contribution in [1.82, 2.24) is 10.3 Å². The molecule has 0 aliphatic carbocycles. The van der Waals surface area contributed by atoms with Crippen molar-refractivity contribution in [2.45, 2.75) is 38.9 Å². The standard InChI is InChI=1S/C20H24N2O3/c1-20(2,3)25-19(23)22-13-18-17-8-4-7-15(16(17)9-11-24-18)14-6-5-10-21-12-14/h4-8,10,12,18H,9,11,13H2,1-3H3,(H,22,23)/t18-/m0/s1. The van der Waals surface area contributed by atoms with Gasteiger partial charge in [0.2, 0.25) is 0 Å². The second kappa shape index (κ2) is 7.23. The van der Waals surface area contributed by atoms with E-state index in [9.17, 15) is 4.79 Å². The van der Waals surface area contributed by atoms with Gasteiger partial charge in [0.05, 0.1) is 13.2 Å². The van der Waals surface area contributed by atoms with E-state index in [1.165, 1.54) is 11.1 Å². The van der Waals surface area contributed by atoms with Crippen molar-refractivity contribution < 1.29 is 14.3 Å². The van der Waals surface area contributed by atoms with Gasteiger partial charge >= 0.3 is 6.09 Å². The molecule has 5 nitrogen and oxygen atoms in total. The molecule has 1 aliphatic heterocycles. The van der Waals surface area contributed by atoms with Gasteiger partial charge in [-0.15, -0.1) is 0 Å². The second-order valence-electron chi connectivity index (χ2n) is 7.11. The summed E-state index contributed by atoms with van der Waals surface area (Å²) >= 11 is 0. The van der Waals surface area contributed by atoms with Gasteiger partial charge in [-0.2, -0.15) is 0 Å². The molecule has 3 rings (SSSR count). The molecule has 132 valence electrons. The number of hydrogen-bond acceptors (Lipinski definition) is 4. The summed E-state index contributed by atoms with van der Waals surface area (Å²) in [5, 5.41) is 2.81. The fourth-order valence-electron chi connectivity index (χ4n) is 3.03. The zero-order valence-electron chi connectivity index (χ0n) is 14.9. The molecule has 0 unspecified atom stereocenters. The molecule has 1 atom stereocenters. The monoisotopic (exact) mass is 340 g/mol. The highest BCUT2D eigenvalue weighted by molar-refractivity contribution is 5.69. The van der Waals surface area contributed by atoms with Crippen LogP contribution in [0.1, 0.15) is 38.0 Å². The second-order valence-corrected chi connectivity index (χ2v) is 7.11. The van der Waals surface area contributed by atoms with Crippen LogP contribution < -0.4 is 5.32 Å². The number of carbonyl (C=O) groups is 1. The van der Waals surface area contributed by atoms with E-state index < -0.39 is 11.7 Å². The van der Waals surface area contributed by atoms with Crippen LogP contribution in [0.25, 0.3) is 11.1 Å². The average Bonchev–Trinajstić information content (AvgIpc) is 2.58. The fourth-order valence-corrected chi connectivity index (χ4v) is 3.03. The lowest BCUT2D eigenvalue weighted by molar-refractivity contribution is 0.0290. The van der Waals surface area contributed by atoms with Crippen LogP contribution in [0.3, 0.4) is 0 Å². The third-order valence-electron chi connectivity index (χ3n) is 4.03. The molecule has 2 aromatic rings. The number of amides is 1. The largest absolute Gasteiger partial charge is 0.444 e. The zero-order valence-corrected chi connectivity index (χ0v) is 14.9. The molecule has 0 saturated carbocycles. The van der Waals surface area contributed by atoms with Gasteiger partial charge in [-0.25, -0.2) is 4.79 Å². The highest BCUT2D eigenvalue weighted by atomic mass is 16.6. The molecule has 0 spiro atoms. The Hall–Kier alpha value is -2.40. The third-order valence-corrected chi connectivity index (χ3v) is 4.03. The van der Waals surface area contributed by atoms with Crippen LogP contribution >= 0.6 is 0 Å². The Morgan fingerprint density at radius 3 is 2.88 bits per heavy atom. The molecule has 1 amide bonds. The van der Waals surface area contributed by atoms with Crippen molar-refractivity contribution in [3.05, 3.63) is 53.9 Å². The summed E-state index contributed by atoms with van der Waals surface area (Å²) in [5.41, 5.74) is 4.14. The molecule has 0 bridgehead atoms. The van der Waals surface area contributed by atoms with E-state index in [0.29, 0.717) is 13.2 Å². The lowest BCUT2D eigenvalue weighted by atomic mass is 9.90. The number of ether oxygens (including phenoxy) is 2. The third kappa shape index (κ3) is 4.37. The van der Waals surface area contributed by atoms with Gasteiger partial charge in [-0.3, -0.25) is 4.98 Å². The smallest absolute Gasteiger partial charge is 0.407 e. The minimum Gasteiger partial charge on any atom is -0.444 e. The summed E-state index contributed by atoms with van der Waals surface area (Å²) in [6.07, 6.45) is 3.90. The molecule has 1 aliphatic rings. The van der Waals surface area contributed by atoms with Gasteiger partial charge in [-0.1, -0.05) is 24.3 Å². The van der Waals surface area contributed by atoms with Gasteiger partial charge in [-0.05, 0) is 49.9 Å². The molecular formula is C20H24N2O3. The zero-order chi connectivity index (χ0) is 17.9. The molecule has 1 aromatic heterocycles. The topological polar surface area (TPSA) is 60.5 Å². The van der Waals surface area contributed by atoms with Crippen LogP contribution in [0.15, 0.2) is 42.7 Å². The first-order chi connectivity index (χ1) is 11.9. The number of rotatable bonds is 3. The Balaban J connectivity index is 1.78. The fraction of sp³-hybridized carbons (Fsp3) is 0.400. The molecule has 25 heavy (non-hydrogen) atoms. The van der Waals surface area contributed by atoms with Crippen molar-refractivity contribution in [3.8, 4) is 11.1 Å². The molecule has 2 heterocycles. The van der Waals surface area contributed by atoms with Crippen molar-refractivity contribution in [1.29, 1.82) is 0 Å². The molecule has 1 aromatic carbocycles. The Morgan fingerprint density at radius 1 is 1.32 bits per heavy atom. The van der Waals surface area contributed by atoms with Crippen molar-refractivity contribution >= 4 is 6.09 Å². The van der Waals surface area contributed by atoms with Gasteiger partial charge in [0.1, 0.15) is 11.7 Å². The van der Waals surface area contributed by atoms with E-state index >= 15 is 0 Å². The minimum atomic E-state index is -0.511. The van der Waals surface area contributed by atoms with E-state index in [0.717, 1.165) is 17.5 Å². The quantitative estimate of drug-likeness (QED) is 0.921. The summed E-state index contributed by atoms with van der Waals surface area (Å²) in [4.78, 5) is 16.1. The predicted octanol–water partition coefficient (Wildman–Crippen LogP) is 3.89. The van der Waals surface area contributed by atoms with Crippen LogP contribution in [0.2, 0.25) is 0 Å². The first-order valence-corrected chi connectivity index (χ1v) is 8.55. The van der Waals surface area contributed by atoms with Gasteiger partial charge in [0.25, 0.3) is 0 Å². The lowest BCUT2D eigenvalue weighted by Gasteiger charge is -2.28. The number of benzene rings is 1. The molecule has 0 fully saturated rings. The Morgan fingerprint density at radius 2 is 2.16 bits per heavy atom. The summed E-state index contributed by atoms with van der Waals surface area (Å²) in [6, 6.07) is 10.2. The molecule has 0 saturated heterocycles. The highest BCUT2D eigenvalue weighted by Crippen LogP contribution is 2.34. The Kier molecular flexibility index (Phi) is 5.04. The first-order valence-electron chi connectivity index (χ1n) is 8.55.